The molecule has 0 spiro atoms. The van der Waals surface area contributed by atoms with Crippen molar-refractivity contribution >= 4 is 21.4 Å². The largest absolute Gasteiger partial charge is 0.326 e. The molecule has 1 aromatic rings. The number of aryl methyl sites for hydroxylation is 3. The number of benzene rings is 1. The number of carbonyl (C=O) groups is 1. The summed E-state index contributed by atoms with van der Waals surface area (Å²) in [5.41, 5.74) is 3.89. The summed E-state index contributed by atoms with van der Waals surface area (Å²) in [6.45, 7) is 5.84. The van der Waals surface area contributed by atoms with Crippen LogP contribution < -0.4 is 5.32 Å². The number of hydrogen-bond donors (Lipinski definition) is 1. The number of amides is 1. The highest BCUT2D eigenvalue weighted by atomic mass is 32.2. The predicted molar refractivity (Wildman–Crippen MR) is 73.6 cm³/mol. The van der Waals surface area contributed by atoms with E-state index < -0.39 is 9.84 Å². The van der Waals surface area contributed by atoms with Gasteiger partial charge in [0.15, 0.2) is 0 Å². The van der Waals surface area contributed by atoms with Gasteiger partial charge in [-0.1, -0.05) is 17.7 Å². The normalized spacial score (nSPS) is 11.3. The Morgan fingerprint density at radius 1 is 1.17 bits per heavy atom. The quantitative estimate of drug-likeness (QED) is 0.909. The molecular weight excluding hydrogens is 250 g/mol. The van der Waals surface area contributed by atoms with Gasteiger partial charge in [0.25, 0.3) is 0 Å². The zero-order valence-corrected chi connectivity index (χ0v) is 12.0. The Labute approximate surface area is 108 Å². The Hall–Kier alpha value is -1.36. The molecule has 18 heavy (non-hydrogen) atoms. The van der Waals surface area contributed by atoms with Crippen molar-refractivity contribution in [1.29, 1.82) is 0 Å². The number of anilines is 1. The molecule has 5 heteroatoms. The van der Waals surface area contributed by atoms with Crippen LogP contribution in [-0.2, 0) is 14.6 Å². The van der Waals surface area contributed by atoms with Gasteiger partial charge in [-0.25, -0.2) is 8.42 Å². The van der Waals surface area contributed by atoms with Crippen LogP contribution >= 0.6 is 0 Å². The van der Waals surface area contributed by atoms with Crippen molar-refractivity contribution < 1.29 is 13.2 Å². The molecule has 1 amide bonds. The average molecular weight is 269 g/mol. The van der Waals surface area contributed by atoms with Crippen molar-refractivity contribution in [2.75, 3.05) is 17.3 Å². The Kier molecular flexibility index (Phi) is 4.51. The second-order valence-corrected chi connectivity index (χ2v) is 6.96. The zero-order valence-electron chi connectivity index (χ0n) is 11.2. The standard InChI is InChI=1S/C13H19NO3S/c1-9-7-10(2)13(11(3)8-9)14-12(15)5-6-18(4,16)17/h7-8H,5-6H2,1-4H3,(H,14,15). The zero-order chi connectivity index (χ0) is 13.9. The molecule has 0 aliphatic rings. The maximum Gasteiger partial charge on any atom is 0.225 e. The van der Waals surface area contributed by atoms with Crippen LogP contribution in [0.25, 0.3) is 0 Å². The fourth-order valence-electron chi connectivity index (χ4n) is 1.86. The predicted octanol–water partition coefficient (Wildman–Crippen LogP) is 1.99. The summed E-state index contributed by atoms with van der Waals surface area (Å²) in [5.74, 6) is -0.390. The Bertz CT molecular complexity index is 539. The summed E-state index contributed by atoms with van der Waals surface area (Å²) in [6, 6.07) is 3.97. The average Bonchev–Trinajstić information content (AvgIpc) is 2.19. The summed E-state index contributed by atoms with van der Waals surface area (Å²) < 4.78 is 22.0. The topological polar surface area (TPSA) is 63.2 Å². The highest BCUT2D eigenvalue weighted by molar-refractivity contribution is 7.90. The molecule has 100 valence electrons. The van der Waals surface area contributed by atoms with E-state index >= 15 is 0 Å². The lowest BCUT2D eigenvalue weighted by molar-refractivity contribution is -0.115. The van der Waals surface area contributed by atoms with E-state index in [1.165, 1.54) is 0 Å². The van der Waals surface area contributed by atoms with Gasteiger partial charge < -0.3 is 5.32 Å². The molecule has 0 aliphatic carbocycles. The highest BCUT2D eigenvalue weighted by Gasteiger charge is 2.11. The van der Waals surface area contributed by atoms with Gasteiger partial charge in [-0.3, -0.25) is 4.79 Å². The van der Waals surface area contributed by atoms with Crippen molar-refractivity contribution in [3.8, 4) is 0 Å². The van der Waals surface area contributed by atoms with E-state index in [0.29, 0.717) is 0 Å². The van der Waals surface area contributed by atoms with Gasteiger partial charge in [0, 0.05) is 18.4 Å². The minimum atomic E-state index is -3.10. The third kappa shape index (κ3) is 4.49. The van der Waals surface area contributed by atoms with Gasteiger partial charge in [0.2, 0.25) is 5.91 Å². The molecule has 1 rings (SSSR count). The van der Waals surface area contributed by atoms with Crippen LogP contribution in [0.5, 0.6) is 0 Å². The third-order valence-electron chi connectivity index (χ3n) is 2.64. The van der Waals surface area contributed by atoms with E-state index in [2.05, 4.69) is 5.32 Å². The van der Waals surface area contributed by atoms with Gasteiger partial charge in [-0.05, 0) is 31.9 Å². The van der Waals surface area contributed by atoms with E-state index in [1.54, 1.807) is 0 Å². The maximum absolute atomic E-state index is 11.7. The van der Waals surface area contributed by atoms with Gasteiger partial charge in [0.05, 0.1) is 5.75 Å². The minimum Gasteiger partial charge on any atom is -0.326 e. The second kappa shape index (κ2) is 5.52. The van der Waals surface area contributed by atoms with Crippen LogP contribution in [0.4, 0.5) is 5.69 Å². The summed E-state index contributed by atoms with van der Waals surface area (Å²) >= 11 is 0. The van der Waals surface area contributed by atoms with Crippen molar-refractivity contribution in [3.63, 3.8) is 0 Å². The first-order chi connectivity index (χ1) is 8.19. The van der Waals surface area contributed by atoms with E-state index in [4.69, 9.17) is 0 Å². The molecule has 1 aromatic carbocycles. The molecular formula is C13H19NO3S. The SMILES string of the molecule is Cc1cc(C)c(NC(=O)CCS(C)(=O)=O)c(C)c1. The number of nitrogens with one attached hydrogen (secondary N) is 1. The highest BCUT2D eigenvalue weighted by Crippen LogP contribution is 2.21. The summed E-state index contributed by atoms with van der Waals surface area (Å²) in [5, 5.41) is 2.77. The second-order valence-electron chi connectivity index (χ2n) is 4.70. The fraction of sp³-hybridized carbons (Fsp3) is 0.462. The van der Waals surface area contributed by atoms with E-state index in [-0.39, 0.29) is 18.1 Å². The van der Waals surface area contributed by atoms with Gasteiger partial charge >= 0.3 is 0 Å². The molecule has 0 aromatic heterocycles. The van der Waals surface area contributed by atoms with Crippen molar-refractivity contribution in [3.05, 3.63) is 28.8 Å². The molecule has 0 atom stereocenters. The molecule has 0 aliphatic heterocycles. The molecule has 0 saturated carbocycles. The van der Waals surface area contributed by atoms with Crippen molar-refractivity contribution in [2.24, 2.45) is 0 Å². The Morgan fingerprint density at radius 2 is 1.67 bits per heavy atom. The molecule has 0 fully saturated rings. The molecule has 1 N–H and O–H groups in total. The molecule has 0 saturated heterocycles. The summed E-state index contributed by atoms with van der Waals surface area (Å²) in [6.07, 6.45) is 1.12. The van der Waals surface area contributed by atoms with Crippen LogP contribution in [0.1, 0.15) is 23.1 Å². The molecule has 0 bridgehead atoms. The first-order valence-electron chi connectivity index (χ1n) is 5.74. The van der Waals surface area contributed by atoms with Gasteiger partial charge in [-0.2, -0.15) is 0 Å². The lowest BCUT2D eigenvalue weighted by Gasteiger charge is -2.12. The number of carbonyl (C=O) groups excluding carboxylic acids is 1. The van der Waals surface area contributed by atoms with Crippen LogP contribution in [0, 0.1) is 20.8 Å². The smallest absolute Gasteiger partial charge is 0.225 e. The molecule has 4 nitrogen and oxygen atoms in total. The van der Waals surface area contributed by atoms with Crippen molar-refractivity contribution in [2.45, 2.75) is 27.2 Å². The van der Waals surface area contributed by atoms with Crippen LogP contribution in [0.3, 0.4) is 0 Å². The van der Waals surface area contributed by atoms with Gasteiger partial charge in [-0.15, -0.1) is 0 Å². The van der Waals surface area contributed by atoms with E-state index in [1.807, 2.05) is 32.9 Å². The summed E-state index contributed by atoms with van der Waals surface area (Å²) in [7, 11) is -3.10. The number of rotatable bonds is 4. The number of hydrogen-bond acceptors (Lipinski definition) is 3. The lowest BCUT2D eigenvalue weighted by atomic mass is 10.1. The summed E-state index contributed by atoms with van der Waals surface area (Å²) in [4.78, 5) is 11.7. The maximum atomic E-state index is 11.7. The van der Waals surface area contributed by atoms with E-state index in [9.17, 15) is 13.2 Å². The first kappa shape index (κ1) is 14.7. The monoisotopic (exact) mass is 269 g/mol. The Balaban J connectivity index is 2.77. The lowest BCUT2D eigenvalue weighted by Crippen LogP contribution is -2.17. The van der Waals surface area contributed by atoms with Crippen LogP contribution in [-0.4, -0.2) is 26.3 Å². The van der Waals surface area contributed by atoms with E-state index in [0.717, 1.165) is 28.6 Å². The first-order valence-corrected chi connectivity index (χ1v) is 7.80. The minimum absolute atomic E-state index is 0.00834. The Morgan fingerprint density at radius 3 is 2.11 bits per heavy atom. The molecule has 0 unspecified atom stereocenters. The van der Waals surface area contributed by atoms with Crippen LogP contribution in [0.2, 0.25) is 0 Å². The van der Waals surface area contributed by atoms with Crippen LogP contribution in [0.15, 0.2) is 12.1 Å². The van der Waals surface area contributed by atoms with Gasteiger partial charge in [0.1, 0.15) is 9.84 Å². The molecule has 0 heterocycles. The fourth-order valence-corrected chi connectivity index (χ4v) is 2.41. The number of sulfone groups is 1. The van der Waals surface area contributed by atoms with Crippen molar-refractivity contribution in [1.82, 2.24) is 0 Å². The third-order valence-corrected chi connectivity index (χ3v) is 3.59. The molecule has 0 radical (unpaired) electrons.